The molecule has 0 bridgehead atoms. The van der Waals surface area contributed by atoms with Crippen molar-refractivity contribution in [1.82, 2.24) is 10.3 Å². The van der Waals surface area contributed by atoms with Gasteiger partial charge >= 0.3 is 6.18 Å². The van der Waals surface area contributed by atoms with Crippen molar-refractivity contribution < 1.29 is 36.6 Å². The second-order valence-electron chi connectivity index (χ2n) is 10.8. The second kappa shape index (κ2) is 13.5. The Kier molecular flexibility index (Phi) is 10.2. The predicted octanol–water partition coefficient (Wildman–Crippen LogP) is 5.73. The van der Waals surface area contributed by atoms with Crippen molar-refractivity contribution in [2.24, 2.45) is 0 Å². The predicted molar refractivity (Wildman–Crippen MR) is 153 cm³/mol. The van der Waals surface area contributed by atoms with Crippen LogP contribution in [0.3, 0.4) is 0 Å². The molecule has 3 heterocycles. The van der Waals surface area contributed by atoms with Crippen LogP contribution >= 0.6 is 11.6 Å². The summed E-state index contributed by atoms with van der Waals surface area (Å²) in [5.41, 5.74) is -0.0367. The van der Waals surface area contributed by atoms with Crippen molar-refractivity contribution >= 4 is 41.0 Å². The Morgan fingerprint density at radius 3 is 2.74 bits per heavy atom. The molecule has 1 saturated heterocycles. The molecule has 4 rings (SSSR count). The third kappa shape index (κ3) is 7.56. The van der Waals surface area contributed by atoms with Crippen LogP contribution in [-0.2, 0) is 19.7 Å². The maximum Gasteiger partial charge on any atom is 0.405 e. The summed E-state index contributed by atoms with van der Waals surface area (Å²) >= 11 is 6.33. The van der Waals surface area contributed by atoms with Gasteiger partial charge in [-0.15, -0.1) is 0 Å². The van der Waals surface area contributed by atoms with Gasteiger partial charge in [0.15, 0.2) is 0 Å². The van der Waals surface area contributed by atoms with Crippen LogP contribution in [0, 0.1) is 11.2 Å². The van der Waals surface area contributed by atoms with E-state index in [1.54, 1.807) is 24.4 Å². The summed E-state index contributed by atoms with van der Waals surface area (Å²) in [6, 6.07) is 5.77. The van der Waals surface area contributed by atoms with E-state index >= 15 is 0 Å². The van der Waals surface area contributed by atoms with Crippen molar-refractivity contribution in [2.45, 2.75) is 76.3 Å². The molecule has 9 nitrogen and oxygen atoms in total. The molecule has 2 aromatic rings. The Morgan fingerprint density at radius 2 is 2.09 bits per heavy atom. The van der Waals surface area contributed by atoms with E-state index < -0.39 is 48.4 Å². The summed E-state index contributed by atoms with van der Waals surface area (Å²) in [6.45, 7) is 1.89. The molecule has 0 saturated carbocycles. The molecule has 0 spiro atoms. The Hall–Kier alpha value is -3.45. The Morgan fingerprint density at radius 1 is 1.33 bits per heavy atom. The number of carbonyl (C=O) groups excluding carboxylic acids is 2. The zero-order valence-electron chi connectivity index (χ0n) is 23.8. The lowest BCUT2D eigenvalue weighted by Crippen LogP contribution is -2.45. The maximum atomic E-state index is 14.6. The highest BCUT2D eigenvalue weighted by Crippen LogP contribution is 2.49. The fourth-order valence-corrected chi connectivity index (χ4v) is 5.71. The molecule has 2 aliphatic rings. The van der Waals surface area contributed by atoms with Gasteiger partial charge in [-0.25, -0.2) is 9.37 Å². The first kappa shape index (κ1) is 32.5. The zero-order valence-corrected chi connectivity index (χ0v) is 24.6. The molecule has 0 radical (unpaired) electrons. The van der Waals surface area contributed by atoms with Gasteiger partial charge in [0.25, 0.3) is 0 Å². The number of benzene rings is 1. The maximum absolute atomic E-state index is 14.6. The lowest BCUT2D eigenvalue weighted by Gasteiger charge is -2.27. The van der Waals surface area contributed by atoms with Crippen LogP contribution in [0.2, 0.25) is 5.02 Å². The summed E-state index contributed by atoms with van der Waals surface area (Å²) in [4.78, 5) is 31.5. The van der Waals surface area contributed by atoms with Crippen molar-refractivity contribution in [3.05, 3.63) is 46.4 Å². The quantitative estimate of drug-likeness (QED) is 0.204. The molecule has 2 aliphatic heterocycles. The monoisotopic (exact) mass is 627 g/mol. The SMILES string of the molecule is CC[C@H](CC[C@@]1(C)C(=O)N(CC(=O)NCC(F)(F)F)c2ccc(F)c(Cl)c21)Oc1ccc(NC2CCCCO2)c(C=N)n1. The average Bonchev–Trinajstić information content (AvgIpc) is 3.19. The third-order valence-corrected chi connectivity index (χ3v) is 8.03. The minimum Gasteiger partial charge on any atom is -0.474 e. The van der Waals surface area contributed by atoms with E-state index in [-0.39, 0.29) is 34.8 Å². The Bertz CT molecular complexity index is 1350. The third-order valence-electron chi connectivity index (χ3n) is 7.66. The zero-order chi connectivity index (χ0) is 31.4. The van der Waals surface area contributed by atoms with Crippen LogP contribution in [0.4, 0.5) is 28.9 Å². The average molecular weight is 628 g/mol. The van der Waals surface area contributed by atoms with Crippen LogP contribution in [-0.4, -0.2) is 61.2 Å². The highest BCUT2D eigenvalue weighted by molar-refractivity contribution is 6.33. The number of halogens is 5. The van der Waals surface area contributed by atoms with E-state index in [2.05, 4.69) is 10.3 Å². The van der Waals surface area contributed by atoms with Crippen molar-refractivity contribution in [2.75, 3.05) is 29.9 Å². The minimum absolute atomic E-state index is 0.136. The van der Waals surface area contributed by atoms with Gasteiger partial charge in [0, 0.05) is 24.5 Å². The molecule has 1 unspecified atom stereocenters. The van der Waals surface area contributed by atoms with Gasteiger partial charge < -0.3 is 30.4 Å². The summed E-state index contributed by atoms with van der Waals surface area (Å²) < 4.78 is 64.2. The fraction of sp³-hybridized carbons (Fsp3) is 0.517. The number of ether oxygens (including phenoxy) is 2. The number of pyridine rings is 1. The smallest absolute Gasteiger partial charge is 0.405 e. The van der Waals surface area contributed by atoms with Gasteiger partial charge in [0.1, 0.15) is 36.9 Å². The number of alkyl halides is 3. The van der Waals surface area contributed by atoms with E-state index in [1.165, 1.54) is 6.07 Å². The number of carbonyl (C=O) groups is 2. The molecule has 2 amide bonds. The first-order valence-corrected chi connectivity index (χ1v) is 14.4. The standard InChI is InChI=1S/C29H34ClF4N5O4/c1-3-17(43-24-10-8-19(20(14-35)38-24)37-23-6-4-5-13-42-23)11-12-28(2)25-21(9-7-18(31)26(25)30)39(27(28)41)15-22(40)36-16-29(32,33)34/h7-10,14,17,23,35,37H,3-6,11-13,15-16H2,1-2H3,(H,36,40)/t17-,23?,28-/m1/s1. The highest BCUT2D eigenvalue weighted by Gasteiger charge is 2.50. The van der Waals surface area contributed by atoms with Gasteiger partial charge in [0.2, 0.25) is 17.7 Å². The van der Waals surface area contributed by atoms with Crippen molar-refractivity contribution in [1.29, 1.82) is 5.41 Å². The summed E-state index contributed by atoms with van der Waals surface area (Å²) in [7, 11) is 0. The van der Waals surface area contributed by atoms with Crippen LogP contribution < -0.4 is 20.3 Å². The Labute approximate surface area is 251 Å². The second-order valence-corrected chi connectivity index (χ2v) is 11.2. The first-order valence-electron chi connectivity index (χ1n) is 14.1. The molecule has 43 heavy (non-hydrogen) atoms. The molecule has 3 N–H and O–H groups in total. The summed E-state index contributed by atoms with van der Waals surface area (Å²) in [5, 5.41) is 12.5. The van der Waals surface area contributed by atoms with Crippen LogP contribution in [0.25, 0.3) is 0 Å². The lowest BCUT2D eigenvalue weighted by molar-refractivity contribution is -0.138. The summed E-state index contributed by atoms with van der Waals surface area (Å²) in [5.74, 6) is -2.09. The number of nitrogens with zero attached hydrogens (tertiary/aromatic N) is 2. The van der Waals surface area contributed by atoms with Crippen LogP contribution in [0.1, 0.15) is 63.6 Å². The number of aromatic nitrogens is 1. The minimum atomic E-state index is -4.62. The number of amides is 2. The number of nitrogens with one attached hydrogen (secondary N) is 3. The molecule has 0 aliphatic carbocycles. The Balaban J connectivity index is 1.49. The van der Waals surface area contributed by atoms with E-state index in [1.807, 2.05) is 6.92 Å². The topological polar surface area (TPSA) is 117 Å². The number of rotatable bonds is 12. The molecule has 234 valence electrons. The van der Waals surface area contributed by atoms with Gasteiger partial charge in [-0.05, 0) is 63.6 Å². The fourth-order valence-electron chi connectivity index (χ4n) is 5.34. The van der Waals surface area contributed by atoms with Gasteiger partial charge in [0.05, 0.1) is 21.8 Å². The molecular formula is C29H34ClF4N5O4. The summed E-state index contributed by atoms with van der Waals surface area (Å²) in [6.07, 6.45) is -0.249. The first-order chi connectivity index (χ1) is 20.4. The number of hydrogen-bond acceptors (Lipinski definition) is 7. The van der Waals surface area contributed by atoms with Gasteiger partial charge in [-0.3, -0.25) is 9.59 Å². The molecule has 14 heteroatoms. The highest BCUT2D eigenvalue weighted by atomic mass is 35.5. The van der Waals surface area contributed by atoms with E-state index in [4.69, 9.17) is 26.5 Å². The molecule has 1 aromatic carbocycles. The van der Waals surface area contributed by atoms with Crippen LogP contribution in [0.5, 0.6) is 5.88 Å². The molecule has 1 aromatic heterocycles. The van der Waals surface area contributed by atoms with Gasteiger partial charge in [-0.1, -0.05) is 18.5 Å². The largest absolute Gasteiger partial charge is 0.474 e. The van der Waals surface area contributed by atoms with E-state index in [0.717, 1.165) is 36.4 Å². The van der Waals surface area contributed by atoms with Gasteiger partial charge in [-0.2, -0.15) is 13.2 Å². The number of hydrogen-bond donors (Lipinski definition) is 3. The molecule has 1 fully saturated rings. The normalized spacial score (nSPS) is 20.9. The van der Waals surface area contributed by atoms with E-state index in [0.29, 0.717) is 30.8 Å². The number of fused-ring (bicyclic) bond motifs is 1. The van der Waals surface area contributed by atoms with E-state index in [9.17, 15) is 27.2 Å². The number of anilines is 2. The molecular weight excluding hydrogens is 594 g/mol. The van der Waals surface area contributed by atoms with Crippen LogP contribution in [0.15, 0.2) is 24.3 Å². The van der Waals surface area contributed by atoms with Crippen molar-refractivity contribution in [3.63, 3.8) is 0 Å². The molecule has 3 atom stereocenters. The van der Waals surface area contributed by atoms with Crippen molar-refractivity contribution in [3.8, 4) is 5.88 Å². The lowest BCUT2D eigenvalue weighted by atomic mass is 9.78.